The highest BCUT2D eigenvalue weighted by Crippen LogP contribution is 2.53. The predicted molar refractivity (Wildman–Crippen MR) is 46.5 cm³/mol. The molecule has 90 valence electrons. The number of carboxylic acids is 3. The monoisotopic (exact) mass is 254 g/mol. The van der Waals surface area contributed by atoms with E-state index in [4.69, 9.17) is 25.1 Å². The first-order valence-corrected chi connectivity index (χ1v) is 5.06. The Balaban J connectivity index is 6.06. The minimum atomic E-state index is -5.38. The third-order valence-electron chi connectivity index (χ3n) is 1.75. The normalized spacial score (nSPS) is 11.9. The van der Waals surface area contributed by atoms with Crippen LogP contribution in [0, 0.1) is 5.41 Å². The lowest BCUT2D eigenvalue weighted by Gasteiger charge is -2.22. The van der Waals surface area contributed by atoms with Crippen molar-refractivity contribution in [2.75, 3.05) is 0 Å². The molecule has 0 spiro atoms. The van der Waals surface area contributed by atoms with E-state index in [0.717, 1.165) is 0 Å². The molecule has 0 radical (unpaired) electrons. The van der Waals surface area contributed by atoms with Crippen molar-refractivity contribution >= 4 is 25.5 Å². The van der Waals surface area contributed by atoms with E-state index < -0.39 is 36.2 Å². The lowest BCUT2D eigenvalue weighted by Crippen LogP contribution is -2.47. The Morgan fingerprint density at radius 3 is 1.25 bits per heavy atom. The van der Waals surface area contributed by atoms with Gasteiger partial charge in [-0.3, -0.25) is 4.57 Å². The maximum absolute atomic E-state index is 10.7. The van der Waals surface area contributed by atoms with Crippen LogP contribution in [0.3, 0.4) is 0 Å². The zero-order valence-corrected chi connectivity index (χ0v) is 8.42. The molecule has 16 heavy (non-hydrogen) atoms. The van der Waals surface area contributed by atoms with Crippen LogP contribution < -0.4 is 0 Å². The van der Waals surface area contributed by atoms with Gasteiger partial charge in [-0.15, -0.1) is 0 Å². The summed E-state index contributed by atoms with van der Waals surface area (Å²) in [5, 5.41) is 23.9. The third-order valence-corrected chi connectivity index (χ3v) is 2.79. The van der Waals surface area contributed by atoms with Gasteiger partial charge in [0.15, 0.2) is 0 Å². The van der Waals surface area contributed by atoms with E-state index in [1.165, 1.54) is 0 Å². The molecule has 0 bridgehead atoms. The minimum Gasteiger partial charge on any atom is -0.480 e. The van der Waals surface area contributed by atoms with Gasteiger partial charge in [0.05, 0.1) is 5.31 Å². The van der Waals surface area contributed by atoms with Crippen LogP contribution in [0.2, 0.25) is 0 Å². The van der Waals surface area contributed by atoms with E-state index in [9.17, 15) is 18.9 Å². The molecule has 0 aliphatic carbocycles. The topological polar surface area (TPSA) is 169 Å². The average Bonchev–Trinajstić information content (AvgIpc) is 2.00. The Morgan fingerprint density at radius 1 is 0.938 bits per heavy atom. The molecule has 0 heterocycles. The van der Waals surface area contributed by atoms with Crippen LogP contribution in [-0.4, -0.2) is 43.0 Å². The van der Waals surface area contributed by atoms with Crippen LogP contribution >= 0.6 is 7.60 Å². The lowest BCUT2D eigenvalue weighted by molar-refractivity contribution is -0.171. The van der Waals surface area contributed by atoms with Crippen molar-refractivity contribution in [3.05, 3.63) is 11.9 Å². The molecule has 0 aliphatic rings. The summed E-state index contributed by atoms with van der Waals surface area (Å²) < 4.78 is 10.7. The van der Waals surface area contributed by atoms with Crippen molar-refractivity contribution in [1.29, 1.82) is 0 Å². The second-order valence-electron chi connectivity index (χ2n) is 2.66. The number of rotatable bonds is 5. The van der Waals surface area contributed by atoms with Crippen molar-refractivity contribution in [2.24, 2.45) is 5.41 Å². The predicted octanol–water partition coefficient (Wildman–Crippen LogP) is -1.08. The fourth-order valence-corrected chi connectivity index (χ4v) is 1.59. The van der Waals surface area contributed by atoms with Crippen molar-refractivity contribution in [3.8, 4) is 0 Å². The van der Waals surface area contributed by atoms with Crippen LogP contribution in [0.25, 0.3) is 0 Å². The smallest absolute Gasteiger partial charge is 0.354 e. The van der Waals surface area contributed by atoms with Crippen LogP contribution in [0.15, 0.2) is 11.9 Å². The molecule has 0 saturated heterocycles. The second kappa shape index (κ2) is 4.05. The van der Waals surface area contributed by atoms with Crippen molar-refractivity contribution < 1.29 is 44.1 Å². The molecule has 10 heteroatoms. The molecule has 0 saturated carbocycles. The Kier molecular flexibility index (Phi) is 3.62. The summed E-state index contributed by atoms with van der Waals surface area (Å²) in [5.74, 6) is -7.33. The average molecular weight is 254 g/mol. The van der Waals surface area contributed by atoms with Gasteiger partial charge in [0, 0.05) is 0 Å². The molecule has 0 aromatic rings. The number of hydrogen-bond donors (Lipinski definition) is 5. The fraction of sp³-hybridized carbons (Fsp3) is 0.167. The molecule has 0 rings (SSSR count). The Hall–Kier alpha value is -1.70. The van der Waals surface area contributed by atoms with Gasteiger partial charge in [0.2, 0.25) is 0 Å². The number of carbonyl (C=O) groups is 3. The lowest BCUT2D eigenvalue weighted by atomic mass is 9.88. The van der Waals surface area contributed by atoms with E-state index in [-0.39, 0.29) is 0 Å². The zero-order chi connectivity index (χ0) is 13.3. The van der Waals surface area contributed by atoms with E-state index in [1.807, 2.05) is 0 Å². The summed E-state index contributed by atoms with van der Waals surface area (Å²) in [6, 6.07) is 0. The summed E-state index contributed by atoms with van der Waals surface area (Å²) in [6.07, 6.45) is 0. The standard InChI is InChI=1S/C6H7O9P/c1-2(16(13,14)15)6(3(7)8,4(9)10)5(11)12/h1H2,(H,7,8)(H,9,10)(H,11,12)(H2,13,14,15). The van der Waals surface area contributed by atoms with E-state index in [1.54, 1.807) is 0 Å². The van der Waals surface area contributed by atoms with E-state index >= 15 is 0 Å². The summed E-state index contributed by atoms with van der Waals surface area (Å²) in [6.45, 7) is 2.56. The highest BCUT2D eigenvalue weighted by Gasteiger charge is 2.61. The van der Waals surface area contributed by atoms with Gasteiger partial charge >= 0.3 is 25.5 Å². The quantitative estimate of drug-likeness (QED) is 0.302. The summed E-state index contributed by atoms with van der Waals surface area (Å²) in [4.78, 5) is 49.1. The summed E-state index contributed by atoms with van der Waals surface area (Å²) in [5.41, 5.74) is -3.76. The molecule has 9 nitrogen and oxygen atoms in total. The van der Waals surface area contributed by atoms with Crippen LogP contribution in [-0.2, 0) is 18.9 Å². The first kappa shape index (κ1) is 14.3. The Labute approximate surface area is 87.8 Å². The van der Waals surface area contributed by atoms with Gasteiger partial charge in [-0.25, -0.2) is 14.4 Å². The molecule has 0 amide bonds. The zero-order valence-electron chi connectivity index (χ0n) is 7.52. The third kappa shape index (κ3) is 1.96. The number of aliphatic carboxylic acids is 3. The molecule has 0 atom stereocenters. The van der Waals surface area contributed by atoms with Crippen LogP contribution in [0.5, 0.6) is 0 Å². The maximum atomic E-state index is 10.7. The maximum Gasteiger partial charge on any atom is 0.354 e. The highest BCUT2D eigenvalue weighted by molar-refractivity contribution is 7.56. The fourth-order valence-electron chi connectivity index (χ4n) is 0.863. The molecule has 0 unspecified atom stereocenters. The molecule has 0 aromatic heterocycles. The van der Waals surface area contributed by atoms with Crippen molar-refractivity contribution in [1.82, 2.24) is 0 Å². The number of carboxylic acid groups (broad SMARTS) is 3. The van der Waals surface area contributed by atoms with Gasteiger partial charge in [-0.1, -0.05) is 6.58 Å². The molecule has 5 N–H and O–H groups in total. The van der Waals surface area contributed by atoms with Gasteiger partial charge in [0.25, 0.3) is 5.41 Å². The SMILES string of the molecule is C=C(C(C(=O)O)(C(=O)O)C(=O)O)P(=O)(O)O. The molecule has 0 fully saturated rings. The van der Waals surface area contributed by atoms with E-state index in [0.29, 0.717) is 0 Å². The first-order valence-electron chi connectivity index (χ1n) is 3.44. The van der Waals surface area contributed by atoms with Crippen molar-refractivity contribution in [2.45, 2.75) is 0 Å². The van der Waals surface area contributed by atoms with E-state index in [2.05, 4.69) is 6.58 Å². The van der Waals surface area contributed by atoms with Gasteiger partial charge in [-0.2, -0.15) is 0 Å². The van der Waals surface area contributed by atoms with Crippen molar-refractivity contribution in [3.63, 3.8) is 0 Å². The largest absolute Gasteiger partial charge is 0.480 e. The summed E-state index contributed by atoms with van der Waals surface area (Å²) in [7, 11) is -5.38. The summed E-state index contributed by atoms with van der Waals surface area (Å²) >= 11 is 0. The second-order valence-corrected chi connectivity index (χ2v) is 4.28. The van der Waals surface area contributed by atoms with Gasteiger partial charge < -0.3 is 25.1 Å². The van der Waals surface area contributed by atoms with Gasteiger partial charge in [-0.05, 0) is 0 Å². The molecule has 0 aliphatic heterocycles. The Bertz CT molecular complexity index is 380. The Morgan fingerprint density at radius 2 is 1.19 bits per heavy atom. The molecule has 0 aromatic carbocycles. The molecular formula is C6H7O9P. The first-order chi connectivity index (χ1) is 6.98. The highest BCUT2D eigenvalue weighted by atomic mass is 31.2. The van der Waals surface area contributed by atoms with Crippen LogP contribution in [0.1, 0.15) is 0 Å². The molecular weight excluding hydrogens is 247 g/mol. The number of hydrogen-bond acceptors (Lipinski definition) is 4. The van der Waals surface area contributed by atoms with Gasteiger partial charge in [0.1, 0.15) is 0 Å². The van der Waals surface area contributed by atoms with Crippen LogP contribution in [0.4, 0.5) is 0 Å². The minimum absolute atomic E-state index is 1.72.